The molecule has 0 radical (unpaired) electrons. The van der Waals surface area contributed by atoms with E-state index in [-0.39, 0.29) is 11.5 Å². The molecule has 158 valence electrons. The zero-order valence-electron chi connectivity index (χ0n) is 16.7. The number of anilines is 1. The van der Waals surface area contributed by atoms with E-state index < -0.39 is 6.04 Å². The minimum Gasteiger partial charge on any atom is -0.468 e. The summed E-state index contributed by atoms with van der Waals surface area (Å²) in [5.41, 5.74) is 1.46. The van der Waals surface area contributed by atoms with Crippen LogP contribution in [0.5, 0.6) is 0 Å². The fraction of sp³-hybridized carbons (Fsp3) is 0.400. The maximum atomic E-state index is 12.5. The zero-order chi connectivity index (χ0) is 21.3. The van der Waals surface area contributed by atoms with Gasteiger partial charge in [0.25, 0.3) is 5.56 Å². The van der Waals surface area contributed by atoms with Crippen LogP contribution in [0.25, 0.3) is 4.96 Å². The van der Waals surface area contributed by atoms with Crippen LogP contribution in [-0.4, -0.2) is 58.8 Å². The van der Waals surface area contributed by atoms with Crippen molar-refractivity contribution < 1.29 is 9.53 Å². The smallest absolute Gasteiger partial charge is 0.327 e. The highest BCUT2D eigenvalue weighted by atomic mass is 35.5. The van der Waals surface area contributed by atoms with Gasteiger partial charge >= 0.3 is 5.97 Å². The highest BCUT2D eigenvalue weighted by Gasteiger charge is 2.32. The first kappa shape index (κ1) is 20.8. The number of piperazine rings is 1. The van der Waals surface area contributed by atoms with Crippen molar-refractivity contribution in [2.75, 3.05) is 38.2 Å². The topological polar surface area (TPSA) is 80.0 Å². The van der Waals surface area contributed by atoms with Crippen molar-refractivity contribution in [1.29, 1.82) is 0 Å². The summed E-state index contributed by atoms with van der Waals surface area (Å²) in [5.74, 6) is -0.298. The van der Waals surface area contributed by atoms with Crippen LogP contribution >= 0.6 is 22.9 Å². The summed E-state index contributed by atoms with van der Waals surface area (Å²) in [4.78, 5) is 34.1. The van der Waals surface area contributed by atoms with Crippen LogP contribution < -0.4 is 10.5 Å². The first-order valence-corrected chi connectivity index (χ1v) is 10.9. The number of nitrogens with zero attached hydrogens (tertiary/aromatic N) is 5. The van der Waals surface area contributed by atoms with Gasteiger partial charge < -0.3 is 9.64 Å². The second-order valence-electron chi connectivity index (χ2n) is 7.02. The number of halogens is 1. The van der Waals surface area contributed by atoms with Gasteiger partial charge in [-0.05, 0) is 24.1 Å². The second-order valence-corrected chi connectivity index (χ2v) is 8.39. The van der Waals surface area contributed by atoms with Gasteiger partial charge in [-0.1, -0.05) is 42.0 Å². The van der Waals surface area contributed by atoms with Crippen molar-refractivity contribution in [2.45, 2.75) is 19.4 Å². The fourth-order valence-corrected chi connectivity index (χ4v) is 4.68. The number of ether oxygens (including phenoxy) is 1. The van der Waals surface area contributed by atoms with Gasteiger partial charge in [-0.2, -0.15) is 4.52 Å². The Hall–Kier alpha value is -2.49. The summed E-state index contributed by atoms with van der Waals surface area (Å²) in [6, 6.07) is 8.31. The minimum atomic E-state index is -0.485. The van der Waals surface area contributed by atoms with Crippen LogP contribution in [0, 0.1) is 0 Å². The standard InChI is InChI=1S/C20H22ClN5O3S/c1-3-15-12-16(27)26-19(22-15)30-20(23-26)25-10-8-24(9-11-25)17(18(28)29-2)13-4-6-14(21)7-5-13/h4-7,12,17H,3,8-11H2,1-2H3. The van der Waals surface area contributed by atoms with Crippen LogP contribution in [0.2, 0.25) is 5.02 Å². The lowest BCUT2D eigenvalue weighted by Crippen LogP contribution is -2.49. The largest absolute Gasteiger partial charge is 0.468 e. The van der Waals surface area contributed by atoms with E-state index in [9.17, 15) is 9.59 Å². The van der Waals surface area contributed by atoms with Crippen molar-refractivity contribution >= 4 is 39.0 Å². The van der Waals surface area contributed by atoms with Gasteiger partial charge in [0.2, 0.25) is 10.1 Å². The van der Waals surface area contributed by atoms with Gasteiger partial charge in [0, 0.05) is 43.0 Å². The number of rotatable bonds is 5. The first-order valence-electron chi connectivity index (χ1n) is 9.72. The summed E-state index contributed by atoms with van der Waals surface area (Å²) < 4.78 is 6.41. The molecule has 4 rings (SSSR count). The first-order chi connectivity index (χ1) is 14.5. The van der Waals surface area contributed by atoms with Crippen molar-refractivity contribution in [1.82, 2.24) is 19.5 Å². The van der Waals surface area contributed by atoms with Crippen molar-refractivity contribution in [3.8, 4) is 0 Å². The maximum Gasteiger partial charge on any atom is 0.327 e. The molecule has 0 N–H and O–H groups in total. The zero-order valence-corrected chi connectivity index (χ0v) is 18.3. The van der Waals surface area contributed by atoms with E-state index in [4.69, 9.17) is 16.3 Å². The molecule has 0 aliphatic carbocycles. The molecule has 1 aliphatic heterocycles. The number of hydrogen-bond acceptors (Lipinski definition) is 8. The van der Waals surface area contributed by atoms with Gasteiger partial charge in [0.05, 0.1) is 7.11 Å². The van der Waals surface area contributed by atoms with Gasteiger partial charge in [-0.15, -0.1) is 5.10 Å². The average molecular weight is 448 g/mol. The lowest BCUT2D eigenvalue weighted by molar-refractivity contribution is -0.147. The molecule has 1 fully saturated rings. The van der Waals surface area contributed by atoms with E-state index in [0.29, 0.717) is 42.6 Å². The van der Waals surface area contributed by atoms with Crippen LogP contribution in [0.1, 0.15) is 24.2 Å². The average Bonchev–Trinajstić information content (AvgIpc) is 3.20. The third kappa shape index (κ3) is 4.05. The molecule has 3 aromatic rings. The SMILES string of the molecule is CCc1cc(=O)n2nc(N3CCN(C(C(=O)OC)c4ccc(Cl)cc4)CC3)sc2n1. The number of methoxy groups -OCH3 is 1. The van der Waals surface area contributed by atoms with Crippen molar-refractivity contribution in [3.05, 3.63) is 57.0 Å². The molecule has 1 aliphatic rings. The molecule has 1 saturated heterocycles. The van der Waals surface area contributed by atoms with Gasteiger partial charge in [0.15, 0.2) is 0 Å². The highest BCUT2D eigenvalue weighted by Crippen LogP contribution is 2.28. The Balaban J connectivity index is 1.53. The monoisotopic (exact) mass is 447 g/mol. The molecule has 30 heavy (non-hydrogen) atoms. The lowest BCUT2D eigenvalue weighted by Gasteiger charge is -2.38. The molecule has 0 amide bonds. The van der Waals surface area contributed by atoms with Crippen molar-refractivity contribution in [3.63, 3.8) is 0 Å². The molecule has 0 bridgehead atoms. The molecule has 1 atom stereocenters. The van der Waals surface area contributed by atoms with E-state index in [0.717, 1.165) is 16.4 Å². The number of aromatic nitrogens is 3. The summed E-state index contributed by atoms with van der Waals surface area (Å²) >= 11 is 7.40. The van der Waals surface area contributed by atoms with Crippen LogP contribution in [0.4, 0.5) is 5.13 Å². The number of aryl methyl sites for hydroxylation is 1. The third-order valence-corrected chi connectivity index (χ3v) is 6.43. The Kier molecular flexibility index (Phi) is 6.03. The number of carbonyl (C=O) groups is 1. The quantitative estimate of drug-likeness (QED) is 0.555. The Morgan fingerprint density at radius 1 is 1.23 bits per heavy atom. The number of carbonyl (C=O) groups excluding carboxylic acids is 1. The predicted molar refractivity (Wildman–Crippen MR) is 117 cm³/mol. The number of fused-ring (bicyclic) bond motifs is 1. The number of esters is 1. The van der Waals surface area contributed by atoms with Crippen LogP contribution in [0.15, 0.2) is 35.1 Å². The Morgan fingerprint density at radius 3 is 2.57 bits per heavy atom. The summed E-state index contributed by atoms with van der Waals surface area (Å²) in [7, 11) is 1.40. The predicted octanol–water partition coefficient (Wildman–Crippen LogP) is 2.40. The Morgan fingerprint density at radius 2 is 1.93 bits per heavy atom. The van der Waals surface area contributed by atoms with E-state index in [1.165, 1.54) is 29.0 Å². The Labute approximate surface area is 182 Å². The minimum absolute atomic E-state index is 0.161. The summed E-state index contributed by atoms with van der Waals surface area (Å²) in [6.45, 7) is 4.63. The van der Waals surface area contributed by atoms with Crippen LogP contribution in [-0.2, 0) is 16.0 Å². The van der Waals surface area contributed by atoms with Gasteiger partial charge in [-0.25, -0.2) is 9.78 Å². The van der Waals surface area contributed by atoms with E-state index in [2.05, 4.69) is 19.9 Å². The van der Waals surface area contributed by atoms with E-state index in [1.807, 2.05) is 19.1 Å². The maximum absolute atomic E-state index is 12.5. The summed E-state index contributed by atoms with van der Waals surface area (Å²) in [5, 5.41) is 5.84. The summed E-state index contributed by atoms with van der Waals surface area (Å²) in [6.07, 6.45) is 0.706. The second kappa shape index (κ2) is 8.71. The molecule has 1 aromatic carbocycles. The molecular formula is C20H22ClN5O3S. The molecule has 8 nitrogen and oxygen atoms in total. The highest BCUT2D eigenvalue weighted by molar-refractivity contribution is 7.20. The molecule has 1 unspecified atom stereocenters. The van der Waals surface area contributed by atoms with Gasteiger partial charge in [0.1, 0.15) is 6.04 Å². The third-order valence-electron chi connectivity index (χ3n) is 5.21. The van der Waals surface area contributed by atoms with E-state index in [1.54, 1.807) is 12.1 Å². The van der Waals surface area contributed by atoms with E-state index >= 15 is 0 Å². The normalized spacial score (nSPS) is 16.0. The number of hydrogen-bond donors (Lipinski definition) is 0. The van der Waals surface area contributed by atoms with Gasteiger partial charge in [-0.3, -0.25) is 9.69 Å². The molecular weight excluding hydrogens is 426 g/mol. The number of benzene rings is 1. The molecule has 10 heteroatoms. The lowest BCUT2D eigenvalue weighted by atomic mass is 10.0. The Bertz CT molecular complexity index is 1110. The van der Waals surface area contributed by atoms with Crippen LogP contribution in [0.3, 0.4) is 0 Å². The molecule has 0 saturated carbocycles. The van der Waals surface area contributed by atoms with Crippen molar-refractivity contribution in [2.24, 2.45) is 0 Å². The molecule has 3 heterocycles. The fourth-order valence-electron chi connectivity index (χ4n) is 3.58. The molecule has 2 aromatic heterocycles. The molecule has 0 spiro atoms.